The van der Waals surface area contributed by atoms with Crippen molar-refractivity contribution in [2.24, 2.45) is 5.92 Å². The Balaban J connectivity index is 1.97. The van der Waals surface area contributed by atoms with E-state index in [-0.39, 0.29) is 16.7 Å². The number of rotatable bonds is 4. The van der Waals surface area contributed by atoms with Gasteiger partial charge in [0, 0.05) is 12.1 Å². The Bertz CT molecular complexity index is 720. The Labute approximate surface area is 127 Å². The minimum atomic E-state index is -3.91. The molecule has 3 unspecified atom stereocenters. The maximum atomic E-state index is 13.8. The SMILES string of the molecule is COc1ccc(S(=O)(=O)N2C3CCC2C(C(=O)O)C3)cc1F. The highest BCUT2D eigenvalue weighted by atomic mass is 32.2. The van der Waals surface area contributed by atoms with Crippen LogP contribution in [-0.4, -0.2) is 43.0 Å². The summed E-state index contributed by atoms with van der Waals surface area (Å²) in [5.74, 6) is -2.46. The molecule has 2 aliphatic heterocycles. The number of ether oxygens (including phenoxy) is 1. The van der Waals surface area contributed by atoms with Gasteiger partial charge in [-0.05, 0) is 37.5 Å². The summed E-state index contributed by atoms with van der Waals surface area (Å²) in [6.45, 7) is 0. The van der Waals surface area contributed by atoms with Crippen LogP contribution in [0, 0.1) is 11.7 Å². The minimum Gasteiger partial charge on any atom is -0.494 e. The van der Waals surface area contributed by atoms with E-state index >= 15 is 0 Å². The zero-order valence-corrected chi connectivity index (χ0v) is 12.7. The molecular weight excluding hydrogens is 313 g/mol. The zero-order valence-electron chi connectivity index (χ0n) is 11.9. The Morgan fingerprint density at radius 3 is 2.68 bits per heavy atom. The number of aliphatic carboxylic acids is 1. The Morgan fingerprint density at radius 2 is 2.14 bits per heavy atom. The van der Waals surface area contributed by atoms with Gasteiger partial charge in [-0.1, -0.05) is 0 Å². The van der Waals surface area contributed by atoms with Crippen LogP contribution in [0.15, 0.2) is 23.1 Å². The first-order valence-corrected chi connectivity index (χ1v) is 8.40. The molecule has 120 valence electrons. The van der Waals surface area contributed by atoms with Crippen molar-refractivity contribution in [3.05, 3.63) is 24.0 Å². The fraction of sp³-hybridized carbons (Fsp3) is 0.500. The van der Waals surface area contributed by atoms with E-state index in [4.69, 9.17) is 4.74 Å². The molecule has 2 bridgehead atoms. The van der Waals surface area contributed by atoms with Crippen molar-refractivity contribution in [1.29, 1.82) is 0 Å². The fourth-order valence-corrected chi connectivity index (χ4v) is 5.44. The number of fused-ring (bicyclic) bond motifs is 2. The first kappa shape index (κ1) is 15.2. The van der Waals surface area contributed by atoms with E-state index in [9.17, 15) is 22.7 Å². The van der Waals surface area contributed by atoms with Gasteiger partial charge in [0.05, 0.1) is 17.9 Å². The standard InChI is InChI=1S/C14H16FNO5S/c1-21-13-5-3-9(7-11(13)15)22(19,20)16-8-2-4-12(16)10(6-8)14(17)18/h3,5,7-8,10,12H,2,4,6H2,1H3,(H,17,18). The van der Waals surface area contributed by atoms with E-state index in [2.05, 4.69) is 0 Å². The molecule has 8 heteroatoms. The summed E-state index contributed by atoms with van der Waals surface area (Å²) in [7, 11) is -2.62. The van der Waals surface area contributed by atoms with Gasteiger partial charge in [0.2, 0.25) is 10.0 Å². The fourth-order valence-electron chi connectivity index (χ4n) is 3.51. The number of benzene rings is 1. The van der Waals surface area contributed by atoms with Crippen LogP contribution < -0.4 is 4.74 Å². The van der Waals surface area contributed by atoms with Gasteiger partial charge in [0.1, 0.15) is 0 Å². The average Bonchev–Trinajstić information content (AvgIpc) is 3.05. The summed E-state index contributed by atoms with van der Waals surface area (Å²) in [4.78, 5) is 11.1. The quantitative estimate of drug-likeness (QED) is 0.904. The van der Waals surface area contributed by atoms with E-state index < -0.39 is 33.8 Å². The minimum absolute atomic E-state index is 0.0354. The number of sulfonamides is 1. The smallest absolute Gasteiger partial charge is 0.308 e. The molecule has 1 N–H and O–H groups in total. The molecule has 0 spiro atoms. The Kier molecular flexibility index (Phi) is 3.60. The van der Waals surface area contributed by atoms with Crippen LogP contribution in [0.2, 0.25) is 0 Å². The zero-order chi connectivity index (χ0) is 16.1. The third-order valence-corrected chi connectivity index (χ3v) is 6.46. The number of carboxylic acids is 1. The van der Waals surface area contributed by atoms with Crippen molar-refractivity contribution in [2.75, 3.05) is 7.11 Å². The van der Waals surface area contributed by atoms with Crippen LogP contribution in [0.3, 0.4) is 0 Å². The largest absolute Gasteiger partial charge is 0.494 e. The van der Waals surface area contributed by atoms with Crippen LogP contribution in [0.25, 0.3) is 0 Å². The maximum Gasteiger partial charge on any atom is 0.308 e. The van der Waals surface area contributed by atoms with Crippen molar-refractivity contribution < 1.29 is 27.4 Å². The van der Waals surface area contributed by atoms with Gasteiger partial charge in [0.15, 0.2) is 11.6 Å². The van der Waals surface area contributed by atoms with Crippen LogP contribution in [0.4, 0.5) is 4.39 Å². The molecule has 22 heavy (non-hydrogen) atoms. The Hall–Kier alpha value is -1.67. The molecule has 2 heterocycles. The number of hydrogen-bond donors (Lipinski definition) is 1. The lowest BCUT2D eigenvalue weighted by Gasteiger charge is -2.22. The molecule has 0 saturated carbocycles. The molecule has 0 aromatic heterocycles. The monoisotopic (exact) mass is 329 g/mol. The summed E-state index contributed by atoms with van der Waals surface area (Å²) in [5, 5.41) is 9.20. The van der Waals surface area contributed by atoms with Gasteiger partial charge in [-0.3, -0.25) is 4.79 Å². The third kappa shape index (κ3) is 2.17. The van der Waals surface area contributed by atoms with Gasteiger partial charge in [-0.25, -0.2) is 12.8 Å². The first-order chi connectivity index (χ1) is 10.4. The molecule has 3 atom stereocenters. The number of nitrogens with zero attached hydrogens (tertiary/aromatic N) is 1. The number of carbonyl (C=O) groups is 1. The summed E-state index contributed by atoms with van der Waals surface area (Å²) >= 11 is 0. The first-order valence-electron chi connectivity index (χ1n) is 6.96. The second kappa shape index (κ2) is 5.20. The highest BCUT2D eigenvalue weighted by molar-refractivity contribution is 7.89. The van der Waals surface area contributed by atoms with E-state index in [1.165, 1.54) is 23.5 Å². The Morgan fingerprint density at radius 1 is 1.41 bits per heavy atom. The van der Waals surface area contributed by atoms with E-state index in [1.807, 2.05) is 0 Å². The summed E-state index contributed by atoms with van der Waals surface area (Å²) in [6.07, 6.45) is 1.49. The normalized spacial score (nSPS) is 28.0. The van der Waals surface area contributed by atoms with Gasteiger partial charge in [-0.2, -0.15) is 4.31 Å². The lowest BCUT2D eigenvalue weighted by atomic mass is 9.89. The van der Waals surface area contributed by atoms with Gasteiger partial charge in [0.25, 0.3) is 0 Å². The highest BCUT2D eigenvalue weighted by Gasteiger charge is 2.54. The molecule has 0 radical (unpaired) electrons. The van der Waals surface area contributed by atoms with Crippen LogP contribution in [-0.2, 0) is 14.8 Å². The highest BCUT2D eigenvalue weighted by Crippen LogP contribution is 2.45. The lowest BCUT2D eigenvalue weighted by Crippen LogP contribution is -2.37. The van der Waals surface area contributed by atoms with Crippen molar-refractivity contribution in [3.8, 4) is 5.75 Å². The third-order valence-electron chi connectivity index (χ3n) is 4.49. The van der Waals surface area contributed by atoms with Gasteiger partial charge >= 0.3 is 5.97 Å². The maximum absolute atomic E-state index is 13.8. The van der Waals surface area contributed by atoms with Crippen LogP contribution in [0.5, 0.6) is 5.75 Å². The molecule has 2 aliphatic rings. The number of methoxy groups -OCH3 is 1. The molecule has 0 aliphatic carbocycles. The molecule has 1 aromatic carbocycles. The van der Waals surface area contributed by atoms with Crippen LogP contribution in [0.1, 0.15) is 19.3 Å². The van der Waals surface area contributed by atoms with E-state index in [1.54, 1.807) is 0 Å². The number of hydrogen-bond acceptors (Lipinski definition) is 4. The molecule has 6 nitrogen and oxygen atoms in total. The topological polar surface area (TPSA) is 83.9 Å². The van der Waals surface area contributed by atoms with Gasteiger partial charge in [-0.15, -0.1) is 0 Å². The summed E-state index contributed by atoms with van der Waals surface area (Å²) < 4.78 is 45.3. The summed E-state index contributed by atoms with van der Waals surface area (Å²) in [6, 6.07) is 2.60. The number of halogens is 1. The number of carboxylic acid groups (broad SMARTS) is 1. The second-order valence-corrected chi connectivity index (χ2v) is 7.45. The van der Waals surface area contributed by atoms with Crippen LogP contribution >= 0.6 is 0 Å². The van der Waals surface area contributed by atoms with Crippen molar-refractivity contribution >= 4 is 16.0 Å². The molecular formula is C14H16FNO5S. The van der Waals surface area contributed by atoms with Crippen molar-refractivity contribution in [1.82, 2.24) is 4.31 Å². The molecule has 2 saturated heterocycles. The van der Waals surface area contributed by atoms with E-state index in [0.717, 1.165) is 6.07 Å². The van der Waals surface area contributed by atoms with Crippen molar-refractivity contribution in [3.63, 3.8) is 0 Å². The average molecular weight is 329 g/mol. The second-order valence-electron chi connectivity index (χ2n) is 5.61. The molecule has 0 amide bonds. The summed E-state index contributed by atoms with van der Waals surface area (Å²) in [5.41, 5.74) is 0. The predicted octanol–water partition coefficient (Wildman–Crippen LogP) is 1.46. The molecule has 3 rings (SSSR count). The lowest BCUT2D eigenvalue weighted by molar-refractivity contribution is -0.142. The predicted molar refractivity (Wildman–Crippen MR) is 74.5 cm³/mol. The van der Waals surface area contributed by atoms with E-state index in [0.29, 0.717) is 19.3 Å². The van der Waals surface area contributed by atoms with Gasteiger partial charge < -0.3 is 9.84 Å². The van der Waals surface area contributed by atoms with Crippen molar-refractivity contribution in [2.45, 2.75) is 36.2 Å². The molecule has 2 fully saturated rings. The molecule has 1 aromatic rings.